The topological polar surface area (TPSA) is 12.0 Å². The maximum atomic E-state index is 3.59. The molecule has 1 aliphatic carbocycles. The minimum Gasteiger partial charge on any atom is -0.382 e. The number of anilines is 1. The SMILES string of the molecule is Brc1ccc(C2CC(Nc3cccc(Br)c3)C2)cc1. The minimum absolute atomic E-state index is 0.600. The molecule has 0 bridgehead atoms. The van der Waals surface area contributed by atoms with E-state index in [2.05, 4.69) is 85.7 Å². The highest BCUT2D eigenvalue weighted by Gasteiger charge is 2.29. The Labute approximate surface area is 130 Å². The number of nitrogens with one attached hydrogen (secondary N) is 1. The van der Waals surface area contributed by atoms with Crippen molar-refractivity contribution in [2.45, 2.75) is 24.8 Å². The third kappa shape index (κ3) is 3.21. The molecule has 2 aromatic carbocycles. The molecule has 0 atom stereocenters. The Hall–Kier alpha value is -0.800. The van der Waals surface area contributed by atoms with Gasteiger partial charge in [0.15, 0.2) is 0 Å². The minimum atomic E-state index is 0.600. The van der Waals surface area contributed by atoms with Gasteiger partial charge < -0.3 is 5.32 Å². The van der Waals surface area contributed by atoms with Crippen LogP contribution in [0.2, 0.25) is 0 Å². The molecule has 3 rings (SSSR count). The average Bonchev–Trinajstić information content (AvgIpc) is 2.35. The van der Waals surface area contributed by atoms with E-state index in [9.17, 15) is 0 Å². The molecule has 1 nitrogen and oxygen atoms in total. The summed E-state index contributed by atoms with van der Waals surface area (Å²) < 4.78 is 2.28. The van der Waals surface area contributed by atoms with Crippen molar-refractivity contribution in [2.24, 2.45) is 0 Å². The molecule has 0 radical (unpaired) electrons. The van der Waals surface area contributed by atoms with Crippen LogP contribution in [0, 0.1) is 0 Å². The van der Waals surface area contributed by atoms with Crippen LogP contribution in [0.5, 0.6) is 0 Å². The molecule has 0 spiro atoms. The van der Waals surface area contributed by atoms with Crippen LogP contribution in [-0.2, 0) is 0 Å². The van der Waals surface area contributed by atoms with Gasteiger partial charge in [-0.2, -0.15) is 0 Å². The molecule has 0 saturated heterocycles. The Balaban J connectivity index is 1.57. The third-order valence-electron chi connectivity index (χ3n) is 3.67. The van der Waals surface area contributed by atoms with E-state index in [0.717, 1.165) is 8.95 Å². The monoisotopic (exact) mass is 379 g/mol. The highest BCUT2D eigenvalue weighted by atomic mass is 79.9. The predicted molar refractivity (Wildman–Crippen MR) is 87.7 cm³/mol. The van der Waals surface area contributed by atoms with Gasteiger partial charge in [0, 0.05) is 20.7 Å². The van der Waals surface area contributed by atoms with E-state index in [0.29, 0.717) is 12.0 Å². The summed E-state index contributed by atoms with van der Waals surface area (Å²) in [7, 11) is 0. The first kappa shape index (κ1) is 13.2. The molecule has 1 N–H and O–H groups in total. The Morgan fingerprint density at radius 1 is 0.895 bits per heavy atom. The van der Waals surface area contributed by atoms with E-state index in [4.69, 9.17) is 0 Å². The number of rotatable bonds is 3. The van der Waals surface area contributed by atoms with Crippen LogP contribution in [0.1, 0.15) is 24.3 Å². The van der Waals surface area contributed by atoms with Crippen LogP contribution in [-0.4, -0.2) is 6.04 Å². The second kappa shape index (κ2) is 5.68. The van der Waals surface area contributed by atoms with Crippen molar-refractivity contribution >= 4 is 37.5 Å². The molecular weight excluding hydrogens is 366 g/mol. The number of halogens is 2. The zero-order valence-corrected chi connectivity index (χ0v) is 13.6. The summed E-state index contributed by atoms with van der Waals surface area (Å²) in [6.07, 6.45) is 2.43. The summed E-state index contributed by atoms with van der Waals surface area (Å²) >= 11 is 6.98. The maximum Gasteiger partial charge on any atom is 0.0353 e. The number of hydrogen-bond acceptors (Lipinski definition) is 1. The van der Waals surface area contributed by atoms with Crippen molar-refractivity contribution in [1.82, 2.24) is 0 Å². The molecule has 3 heteroatoms. The van der Waals surface area contributed by atoms with Crippen molar-refractivity contribution in [3.63, 3.8) is 0 Å². The van der Waals surface area contributed by atoms with Gasteiger partial charge >= 0.3 is 0 Å². The van der Waals surface area contributed by atoms with Gasteiger partial charge in [0.25, 0.3) is 0 Å². The van der Waals surface area contributed by atoms with Crippen molar-refractivity contribution in [3.05, 3.63) is 63.0 Å². The Morgan fingerprint density at radius 2 is 1.63 bits per heavy atom. The van der Waals surface area contributed by atoms with Crippen LogP contribution in [0.25, 0.3) is 0 Å². The van der Waals surface area contributed by atoms with Gasteiger partial charge in [0.05, 0.1) is 0 Å². The molecule has 98 valence electrons. The number of hydrogen-bond donors (Lipinski definition) is 1. The molecule has 1 fully saturated rings. The van der Waals surface area contributed by atoms with Crippen molar-refractivity contribution in [3.8, 4) is 0 Å². The fraction of sp³-hybridized carbons (Fsp3) is 0.250. The van der Waals surface area contributed by atoms with Crippen molar-refractivity contribution in [2.75, 3.05) is 5.32 Å². The molecule has 19 heavy (non-hydrogen) atoms. The first-order chi connectivity index (χ1) is 9.20. The van der Waals surface area contributed by atoms with Crippen LogP contribution in [0.15, 0.2) is 57.5 Å². The molecule has 0 amide bonds. The summed E-state index contributed by atoms with van der Waals surface area (Å²) in [6.45, 7) is 0. The zero-order valence-electron chi connectivity index (χ0n) is 10.4. The molecule has 0 unspecified atom stereocenters. The zero-order chi connectivity index (χ0) is 13.2. The van der Waals surface area contributed by atoms with E-state index in [1.165, 1.54) is 24.1 Å². The van der Waals surface area contributed by atoms with Crippen LogP contribution < -0.4 is 5.32 Å². The standard InChI is InChI=1S/C16H15Br2N/c17-13-6-4-11(5-7-13)12-8-16(9-12)19-15-3-1-2-14(18)10-15/h1-7,10,12,16,19H,8-9H2. The summed E-state index contributed by atoms with van der Waals surface area (Å²) in [4.78, 5) is 0. The van der Waals surface area contributed by atoms with E-state index < -0.39 is 0 Å². The van der Waals surface area contributed by atoms with E-state index in [1.54, 1.807) is 0 Å². The van der Waals surface area contributed by atoms with E-state index in [-0.39, 0.29) is 0 Å². The lowest BCUT2D eigenvalue weighted by Crippen LogP contribution is -2.33. The van der Waals surface area contributed by atoms with Gasteiger partial charge in [0.2, 0.25) is 0 Å². The number of benzene rings is 2. The molecule has 0 heterocycles. The quantitative estimate of drug-likeness (QED) is 0.733. The molecule has 0 aliphatic heterocycles. The lowest BCUT2D eigenvalue weighted by atomic mass is 9.76. The smallest absolute Gasteiger partial charge is 0.0353 e. The summed E-state index contributed by atoms with van der Waals surface area (Å²) in [5.74, 6) is 0.706. The van der Waals surface area contributed by atoms with Crippen LogP contribution >= 0.6 is 31.9 Å². The molecule has 1 aliphatic rings. The summed E-state index contributed by atoms with van der Waals surface area (Å²) in [6, 6.07) is 17.7. The fourth-order valence-electron chi connectivity index (χ4n) is 2.56. The lowest BCUT2D eigenvalue weighted by molar-refractivity contribution is 0.374. The first-order valence-electron chi connectivity index (χ1n) is 6.48. The van der Waals surface area contributed by atoms with Gasteiger partial charge in [-0.1, -0.05) is 50.1 Å². The van der Waals surface area contributed by atoms with Gasteiger partial charge in [0.1, 0.15) is 0 Å². The molecule has 1 saturated carbocycles. The molecule has 0 aromatic heterocycles. The highest BCUT2D eigenvalue weighted by molar-refractivity contribution is 9.10. The maximum absolute atomic E-state index is 3.59. The average molecular weight is 381 g/mol. The molecule has 2 aromatic rings. The summed E-state index contributed by atoms with van der Waals surface area (Å²) in [5.41, 5.74) is 2.66. The largest absolute Gasteiger partial charge is 0.382 e. The van der Waals surface area contributed by atoms with Gasteiger partial charge in [-0.15, -0.1) is 0 Å². The Bertz CT molecular complexity index is 559. The van der Waals surface area contributed by atoms with Crippen molar-refractivity contribution in [1.29, 1.82) is 0 Å². The van der Waals surface area contributed by atoms with E-state index >= 15 is 0 Å². The summed E-state index contributed by atoms with van der Waals surface area (Å²) in [5, 5.41) is 3.59. The highest BCUT2D eigenvalue weighted by Crippen LogP contribution is 2.38. The second-order valence-corrected chi connectivity index (χ2v) is 6.90. The normalized spacial score (nSPS) is 21.8. The Morgan fingerprint density at radius 3 is 2.32 bits per heavy atom. The van der Waals surface area contributed by atoms with Crippen LogP contribution in [0.4, 0.5) is 5.69 Å². The Kier molecular flexibility index (Phi) is 3.94. The third-order valence-corrected chi connectivity index (χ3v) is 4.70. The fourth-order valence-corrected chi connectivity index (χ4v) is 3.22. The van der Waals surface area contributed by atoms with Gasteiger partial charge in [-0.3, -0.25) is 0 Å². The van der Waals surface area contributed by atoms with Gasteiger partial charge in [-0.25, -0.2) is 0 Å². The van der Waals surface area contributed by atoms with E-state index in [1.807, 2.05) is 0 Å². The van der Waals surface area contributed by atoms with Crippen LogP contribution in [0.3, 0.4) is 0 Å². The predicted octanol–water partition coefficient (Wildman–Crippen LogP) is 5.57. The molecular formula is C16H15Br2N. The van der Waals surface area contributed by atoms with Gasteiger partial charge in [-0.05, 0) is 54.7 Å². The lowest BCUT2D eigenvalue weighted by Gasteiger charge is -2.37. The second-order valence-electron chi connectivity index (χ2n) is 5.07. The first-order valence-corrected chi connectivity index (χ1v) is 8.07. The van der Waals surface area contributed by atoms with Crippen molar-refractivity contribution < 1.29 is 0 Å².